The number of carbonyl (C=O) groups excluding carboxylic acids is 1. The molecule has 1 saturated heterocycles. The van der Waals surface area contributed by atoms with Crippen molar-refractivity contribution in [2.24, 2.45) is 5.92 Å². The van der Waals surface area contributed by atoms with Crippen molar-refractivity contribution < 1.29 is 9.53 Å². The molecule has 1 fully saturated rings. The Kier molecular flexibility index (Phi) is 7.93. The Bertz CT molecular complexity index is 1520. The lowest BCUT2D eigenvalue weighted by Gasteiger charge is -2.36. The third kappa shape index (κ3) is 5.52. The number of hydrogen-bond acceptors (Lipinski definition) is 6. The molecule has 4 aromatic rings. The minimum absolute atomic E-state index is 0.0514. The Morgan fingerprint density at radius 1 is 1.18 bits per heavy atom. The number of methoxy groups -OCH3 is 1. The van der Waals surface area contributed by atoms with Crippen LogP contribution in [0.4, 0.5) is 0 Å². The van der Waals surface area contributed by atoms with Gasteiger partial charge >= 0.3 is 0 Å². The minimum Gasteiger partial charge on any atom is -0.496 e. The number of nitrogens with zero attached hydrogens (tertiary/aromatic N) is 4. The van der Waals surface area contributed by atoms with E-state index in [9.17, 15) is 9.59 Å². The summed E-state index contributed by atoms with van der Waals surface area (Å²) < 4.78 is 7.80. The number of aromatic amines is 1. The second kappa shape index (κ2) is 11.5. The maximum Gasteiger partial charge on any atom is 0.255 e. The van der Waals surface area contributed by atoms with E-state index in [0.29, 0.717) is 23.7 Å². The minimum atomic E-state index is -0.196. The normalized spacial score (nSPS) is 15.5. The number of nitrogens with one attached hydrogen (secondary N) is 1. The second-order valence-corrected chi connectivity index (χ2v) is 10.7. The summed E-state index contributed by atoms with van der Waals surface area (Å²) in [5, 5.41) is 0.983. The number of piperidine rings is 1. The topological polar surface area (TPSA) is 93.1 Å². The first-order valence-corrected chi connectivity index (χ1v) is 13.7. The third-order valence-corrected chi connectivity index (χ3v) is 8.21. The molecule has 1 aromatic carbocycles. The highest BCUT2D eigenvalue weighted by molar-refractivity contribution is 6.09. The lowest BCUT2D eigenvalue weighted by atomic mass is 9.89. The molecule has 5 rings (SSSR count). The third-order valence-electron chi connectivity index (χ3n) is 8.21. The molecule has 39 heavy (non-hydrogen) atoms. The molecular formula is C31H37N5O3. The van der Waals surface area contributed by atoms with Gasteiger partial charge in [-0.2, -0.15) is 0 Å². The number of Topliss-reactive ketones (excluding diaryl/α,β-unsaturated/α-hetero) is 1. The van der Waals surface area contributed by atoms with E-state index in [2.05, 4.69) is 44.3 Å². The molecular weight excluding hydrogens is 490 g/mol. The van der Waals surface area contributed by atoms with Crippen LogP contribution in [0.15, 0.2) is 53.7 Å². The summed E-state index contributed by atoms with van der Waals surface area (Å²) in [7, 11) is 1.55. The van der Waals surface area contributed by atoms with Gasteiger partial charge in [0.25, 0.3) is 5.56 Å². The maximum absolute atomic E-state index is 13.7. The van der Waals surface area contributed by atoms with Gasteiger partial charge in [-0.15, -0.1) is 0 Å². The van der Waals surface area contributed by atoms with Crippen LogP contribution >= 0.6 is 0 Å². The van der Waals surface area contributed by atoms with E-state index in [4.69, 9.17) is 4.74 Å². The predicted molar refractivity (Wildman–Crippen MR) is 152 cm³/mol. The highest BCUT2D eigenvalue weighted by Gasteiger charge is 2.29. The van der Waals surface area contributed by atoms with E-state index in [1.54, 1.807) is 25.6 Å². The van der Waals surface area contributed by atoms with Gasteiger partial charge < -0.3 is 14.3 Å². The average molecular weight is 528 g/mol. The first-order valence-electron chi connectivity index (χ1n) is 13.7. The van der Waals surface area contributed by atoms with Crippen molar-refractivity contribution in [2.75, 3.05) is 20.2 Å². The Labute approximate surface area is 229 Å². The Morgan fingerprint density at radius 2 is 1.95 bits per heavy atom. The van der Waals surface area contributed by atoms with Gasteiger partial charge in [-0.05, 0) is 71.2 Å². The van der Waals surface area contributed by atoms with Crippen LogP contribution in [-0.2, 0) is 13.0 Å². The van der Waals surface area contributed by atoms with E-state index in [1.165, 1.54) is 0 Å². The summed E-state index contributed by atoms with van der Waals surface area (Å²) in [6, 6.07) is 10.3. The van der Waals surface area contributed by atoms with Gasteiger partial charge in [0.1, 0.15) is 5.75 Å². The van der Waals surface area contributed by atoms with E-state index >= 15 is 0 Å². The fraction of sp³-hybridized carbons (Fsp3) is 0.419. The van der Waals surface area contributed by atoms with Gasteiger partial charge in [-0.25, -0.2) is 0 Å². The Balaban J connectivity index is 1.35. The molecule has 0 aliphatic carbocycles. The number of fused-ring (bicyclic) bond motifs is 1. The van der Waals surface area contributed by atoms with Gasteiger partial charge in [-0.3, -0.25) is 24.5 Å². The summed E-state index contributed by atoms with van der Waals surface area (Å²) in [6.07, 6.45) is 8.05. The van der Waals surface area contributed by atoms with Crippen LogP contribution in [0.1, 0.15) is 65.2 Å². The quantitative estimate of drug-likeness (QED) is 0.307. The molecule has 3 aromatic heterocycles. The number of H-pyrrole nitrogens is 1. The van der Waals surface area contributed by atoms with Crippen molar-refractivity contribution in [1.29, 1.82) is 0 Å². The molecule has 204 valence electrons. The van der Waals surface area contributed by atoms with Gasteiger partial charge in [0.2, 0.25) is 0 Å². The van der Waals surface area contributed by atoms with Crippen molar-refractivity contribution in [2.45, 2.75) is 59.0 Å². The van der Waals surface area contributed by atoms with Gasteiger partial charge in [0.15, 0.2) is 5.78 Å². The number of ketones is 1. The molecule has 0 spiro atoms. The number of ether oxygens (including phenoxy) is 1. The number of aromatic nitrogens is 4. The van der Waals surface area contributed by atoms with Gasteiger partial charge in [-0.1, -0.05) is 18.2 Å². The van der Waals surface area contributed by atoms with Crippen LogP contribution < -0.4 is 10.3 Å². The van der Waals surface area contributed by atoms with Crippen LogP contribution in [0.2, 0.25) is 0 Å². The van der Waals surface area contributed by atoms with Crippen LogP contribution in [0.25, 0.3) is 10.9 Å². The highest BCUT2D eigenvalue weighted by Crippen LogP contribution is 2.36. The van der Waals surface area contributed by atoms with Crippen molar-refractivity contribution in [3.63, 3.8) is 0 Å². The zero-order chi connectivity index (χ0) is 27.5. The van der Waals surface area contributed by atoms with Gasteiger partial charge in [0, 0.05) is 65.5 Å². The monoisotopic (exact) mass is 527 g/mol. The van der Waals surface area contributed by atoms with Crippen LogP contribution in [0, 0.1) is 19.8 Å². The van der Waals surface area contributed by atoms with Crippen LogP contribution in [-0.4, -0.2) is 50.4 Å². The maximum atomic E-state index is 13.7. The fourth-order valence-electron chi connectivity index (χ4n) is 6.18. The smallest absolute Gasteiger partial charge is 0.255 e. The molecule has 0 radical (unpaired) electrons. The van der Waals surface area contributed by atoms with E-state index in [0.717, 1.165) is 66.0 Å². The van der Waals surface area contributed by atoms with Crippen molar-refractivity contribution in [1.82, 2.24) is 24.4 Å². The molecule has 4 heterocycles. The fourth-order valence-corrected chi connectivity index (χ4v) is 6.18. The first-order chi connectivity index (χ1) is 18.9. The molecule has 1 atom stereocenters. The number of para-hydroxylation sites is 1. The summed E-state index contributed by atoms with van der Waals surface area (Å²) in [5.41, 5.74) is 4.92. The first kappa shape index (κ1) is 26.8. The summed E-state index contributed by atoms with van der Waals surface area (Å²) >= 11 is 0. The summed E-state index contributed by atoms with van der Waals surface area (Å²) in [6.45, 7) is 9.03. The molecule has 1 N–H and O–H groups in total. The molecule has 0 amide bonds. The zero-order valence-corrected chi connectivity index (χ0v) is 23.2. The Hall–Kier alpha value is -3.78. The molecule has 0 saturated carbocycles. The molecule has 0 bridgehead atoms. The number of carbonyl (C=O) groups is 1. The molecule has 8 heteroatoms. The summed E-state index contributed by atoms with van der Waals surface area (Å²) in [4.78, 5) is 40.2. The molecule has 1 aliphatic rings. The number of hydrogen-bond donors (Lipinski definition) is 1. The van der Waals surface area contributed by atoms with Crippen molar-refractivity contribution in [3.8, 4) is 5.75 Å². The SMILES string of the molecule is COc1cc(C)[nH]c(=O)c1CCC(=O)c1c(C)n([C@H](C)C2CCN(Cc3cnccn3)CC2)c2ccccc12. The van der Waals surface area contributed by atoms with Crippen LogP contribution in [0.5, 0.6) is 5.75 Å². The standard InChI is InChI=1S/C31H37N5O3/c1-20-17-29(39-4)26(31(38)34-20)9-10-28(37)30-22(3)36(27-8-6-5-7-25(27)30)21(2)23-11-15-35(16-12-23)19-24-18-32-13-14-33-24/h5-8,13-14,17-18,21,23H,9-12,15-16,19H2,1-4H3,(H,34,38)/t21-/m1/s1. The Morgan fingerprint density at radius 3 is 2.67 bits per heavy atom. The molecule has 8 nitrogen and oxygen atoms in total. The number of aryl methyl sites for hydroxylation is 1. The zero-order valence-electron chi connectivity index (χ0n) is 23.2. The van der Waals surface area contributed by atoms with E-state index < -0.39 is 0 Å². The molecule has 1 aliphatic heterocycles. The summed E-state index contributed by atoms with van der Waals surface area (Å²) in [5.74, 6) is 1.09. The lowest BCUT2D eigenvalue weighted by molar-refractivity contribution is 0.0983. The highest BCUT2D eigenvalue weighted by atomic mass is 16.5. The van der Waals surface area contributed by atoms with Crippen LogP contribution in [0.3, 0.4) is 0 Å². The number of pyridine rings is 1. The van der Waals surface area contributed by atoms with E-state index in [-0.39, 0.29) is 23.8 Å². The largest absolute Gasteiger partial charge is 0.496 e. The lowest BCUT2D eigenvalue weighted by Crippen LogP contribution is -2.36. The van der Waals surface area contributed by atoms with Gasteiger partial charge in [0.05, 0.1) is 18.4 Å². The number of benzene rings is 1. The number of rotatable bonds is 9. The van der Waals surface area contributed by atoms with Crippen molar-refractivity contribution in [3.05, 3.63) is 87.5 Å². The predicted octanol–water partition coefficient (Wildman–Crippen LogP) is 5.03. The van der Waals surface area contributed by atoms with E-state index in [1.807, 2.05) is 31.3 Å². The average Bonchev–Trinajstić information content (AvgIpc) is 3.24. The second-order valence-electron chi connectivity index (χ2n) is 10.7. The number of likely N-dealkylation sites (tertiary alicyclic amines) is 1. The van der Waals surface area contributed by atoms with Crippen molar-refractivity contribution >= 4 is 16.7 Å². The molecule has 0 unspecified atom stereocenters.